The van der Waals surface area contributed by atoms with Gasteiger partial charge in [0.15, 0.2) is 0 Å². The van der Waals surface area contributed by atoms with Crippen LogP contribution in [0, 0.1) is 7.05 Å². The molecule has 0 aromatic carbocycles. The van der Waals surface area contributed by atoms with Gasteiger partial charge in [-0.05, 0) is 7.05 Å². The summed E-state index contributed by atoms with van der Waals surface area (Å²) in [6.07, 6.45) is 0. The topological polar surface area (TPSA) is 75.4 Å². The van der Waals surface area contributed by atoms with Crippen LogP contribution in [0.15, 0.2) is 0 Å². The van der Waals surface area contributed by atoms with Crippen molar-refractivity contribution in [2.75, 3.05) is 7.05 Å². The highest BCUT2D eigenvalue weighted by atomic mass is 32.2. The van der Waals surface area contributed by atoms with E-state index in [0.29, 0.717) is 4.41 Å². The Morgan fingerprint density at radius 3 is 2.12 bits per heavy atom. The summed E-state index contributed by atoms with van der Waals surface area (Å²) in [6.45, 7) is 0. The van der Waals surface area contributed by atoms with Crippen LogP contribution in [-0.4, -0.2) is 19.9 Å². The molecule has 0 bridgehead atoms. The zero-order valence-electron chi connectivity index (χ0n) is 4.46. The van der Waals surface area contributed by atoms with Gasteiger partial charge in [-0.1, -0.05) is 0 Å². The highest BCUT2D eigenvalue weighted by Gasteiger charge is 2.06. The average molecular weight is 138 g/mol. The maximum atomic E-state index is 10.1. The molecule has 0 aliphatic rings. The maximum absolute atomic E-state index is 10.1. The molecule has 0 rings (SSSR count). The van der Waals surface area contributed by atoms with Crippen molar-refractivity contribution in [3.05, 3.63) is 7.05 Å². The van der Waals surface area contributed by atoms with Crippen molar-refractivity contribution in [1.82, 2.24) is 9.84 Å². The molecular formula is C2H8N3O2S. The monoisotopic (exact) mass is 138 g/mol. The maximum Gasteiger partial charge on any atom is 0.289 e. The Bertz CT molecular complexity index is 151. The van der Waals surface area contributed by atoms with E-state index in [1.54, 1.807) is 0 Å². The predicted octanol–water partition coefficient (Wildman–Crippen LogP) is -1.58. The number of hydrazine groups is 1. The number of rotatable bonds is 2. The molecule has 0 aromatic heterocycles. The lowest BCUT2D eigenvalue weighted by Gasteiger charge is -2.09. The van der Waals surface area contributed by atoms with Gasteiger partial charge in [0.1, 0.15) is 0 Å². The minimum absolute atomic E-state index is 0.562. The van der Waals surface area contributed by atoms with Gasteiger partial charge >= 0.3 is 0 Å². The zero-order valence-corrected chi connectivity index (χ0v) is 5.27. The standard InChI is InChI=1S/C2H8N3O2S/c1-4-5(2)8(3,6)7/h4H,2H2,1H3,(H2,3,6,7). The highest BCUT2D eigenvalue weighted by molar-refractivity contribution is 7.86. The average Bonchev–Trinajstić information content (AvgIpc) is 1.62. The predicted molar refractivity (Wildman–Crippen MR) is 29.4 cm³/mol. The fraction of sp³-hybridized carbons (Fsp3) is 0.500. The second-order valence-corrected chi connectivity index (χ2v) is 2.59. The van der Waals surface area contributed by atoms with Crippen LogP contribution >= 0.6 is 0 Å². The van der Waals surface area contributed by atoms with Gasteiger partial charge in [0, 0.05) is 7.05 Å². The minimum atomic E-state index is -3.64. The van der Waals surface area contributed by atoms with Crippen molar-refractivity contribution in [3.63, 3.8) is 0 Å². The van der Waals surface area contributed by atoms with Crippen molar-refractivity contribution in [2.24, 2.45) is 5.14 Å². The summed E-state index contributed by atoms with van der Waals surface area (Å²) in [7, 11) is 0.795. The van der Waals surface area contributed by atoms with Crippen molar-refractivity contribution < 1.29 is 8.42 Å². The molecule has 0 aromatic rings. The molecule has 6 heteroatoms. The lowest BCUT2D eigenvalue weighted by Crippen LogP contribution is -2.39. The SMILES string of the molecule is [CH2]N(NC)S(N)(=O)=O. The van der Waals surface area contributed by atoms with Crippen LogP contribution in [0.5, 0.6) is 0 Å². The van der Waals surface area contributed by atoms with E-state index in [0.717, 1.165) is 0 Å². The van der Waals surface area contributed by atoms with E-state index in [-0.39, 0.29) is 0 Å². The van der Waals surface area contributed by atoms with Crippen molar-refractivity contribution in [3.8, 4) is 0 Å². The van der Waals surface area contributed by atoms with Gasteiger partial charge in [-0.2, -0.15) is 8.42 Å². The van der Waals surface area contributed by atoms with Crippen molar-refractivity contribution in [1.29, 1.82) is 0 Å². The van der Waals surface area contributed by atoms with E-state index in [1.807, 2.05) is 0 Å². The molecule has 3 N–H and O–H groups in total. The van der Waals surface area contributed by atoms with Gasteiger partial charge in [0.25, 0.3) is 10.2 Å². The number of hydrogen-bond donors (Lipinski definition) is 2. The number of nitrogens with two attached hydrogens (primary N) is 1. The number of nitrogens with one attached hydrogen (secondary N) is 1. The first-order valence-corrected chi connectivity index (χ1v) is 3.29. The lowest BCUT2D eigenvalue weighted by molar-refractivity contribution is 0.434. The number of nitrogens with zero attached hydrogens (tertiary/aromatic N) is 1. The number of hydrogen-bond acceptors (Lipinski definition) is 3. The second kappa shape index (κ2) is 2.40. The molecule has 49 valence electrons. The molecule has 0 unspecified atom stereocenters. The smallest absolute Gasteiger partial charge is 0.243 e. The minimum Gasteiger partial charge on any atom is -0.243 e. The zero-order chi connectivity index (χ0) is 6.78. The van der Waals surface area contributed by atoms with E-state index in [4.69, 9.17) is 0 Å². The fourth-order valence-electron chi connectivity index (χ4n) is 0.127. The summed E-state index contributed by atoms with van der Waals surface area (Å²) in [5.41, 5.74) is 2.21. The quantitative estimate of drug-likeness (QED) is 0.452. The third-order valence-corrected chi connectivity index (χ3v) is 1.35. The summed E-state index contributed by atoms with van der Waals surface area (Å²) in [5, 5.41) is 4.56. The fourth-order valence-corrected chi connectivity index (χ4v) is 0.382. The van der Waals surface area contributed by atoms with E-state index < -0.39 is 10.2 Å². The summed E-state index contributed by atoms with van der Waals surface area (Å²) in [5.74, 6) is 0. The van der Waals surface area contributed by atoms with E-state index in [9.17, 15) is 8.42 Å². The third kappa shape index (κ3) is 2.22. The Hall–Kier alpha value is -0.170. The van der Waals surface area contributed by atoms with Gasteiger partial charge < -0.3 is 0 Å². The first-order chi connectivity index (χ1) is 3.48. The normalized spacial score (nSPS) is 12.5. The molecule has 0 saturated carbocycles. The largest absolute Gasteiger partial charge is 0.289 e. The van der Waals surface area contributed by atoms with Gasteiger partial charge in [0.05, 0.1) is 0 Å². The van der Waals surface area contributed by atoms with E-state index in [2.05, 4.69) is 17.6 Å². The summed E-state index contributed by atoms with van der Waals surface area (Å²) in [6, 6.07) is 0. The van der Waals surface area contributed by atoms with E-state index in [1.165, 1.54) is 7.05 Å². The van der Waals surface area contributed by atoms with Crippen LogP contribution < -0.4 is 10.6 Å². The van der Waals surface area contributed by atoms with Crippen LogP contribution in [0.1, 0.15) is 0 Å². The van der Waals surface area contributed by atoms with Gasteiger partial charge in [-0.15, -0.1) is 4.41 Å². The summed E-state index contributed by atoms with van der Waals surface area (Å²) < 4.78 is 20.8. The molecule has 0 spiro atoms. The Kier molecular flexibility index (Phi) is 2.35. The lowest BCUT2D eigenvalue weighted by atomic mass is 11.4. The third-order valence-electron chi connectivity index (χ3n) is 0.557. The van der Waals surface area contributed by atoms with Crippen LogP contribution in [-0.2, 0) is 10.2 Å². The molecule has 0 saturated heterocycles. The van der Waals surface area contributed by atoms with Crippen LogP contribution in [0.3, 0.4) is 0 Å². The molecule has 0 aliphatic carbocycles. The molecule has 8 heavy (non-hydrogen) atoms. The highest BCUT2D eigenvalue weighted by Crippen LogP contribution is 1.80. The van der Waals surface area contributed by atoms with Gasteiger partial charge in [-0.3, -0.25) is 0 Å². The summed E-state index contributed by atoms with van der Waals surface area (Å²) in [4.78, 5) is 0. The molecule has 0 atom stereocenters. The van der Waals surface area contributed by atoms with Crippen LogP contribution in [0.4, 0.5) is 0 Å². The van der Waals surface area contributed by atoms with Crippen LogP contribution in [0.25, 0.3) is 0 Å². The molecule has 0 amide bonds. The molecule has 1 radical (unpaired) electrons. The Morgan fingerprint density at radius 2 is 2.12 bits per heavy atom. The first-order valence-electron chi connectivity index (χ1n) is 1.79. The Balaban J connectivity index is 4.04. The molecule has 5 nitrogen and oxygen atoms in total. The first kappa shape index (κ1) is 7.83. The van der Waals surface area contributed by atoms with Gasteiger partial charge in [0.2, 0.25) is 0 Å². The Morgan fingerprint density at radius 1 is 1.75 bits per heavy atom. The Labute approximate surface area is 48.6 Å². The van der Waals surface area contributed by atoms with Crippen LogP contribution in [0.2, 0.25) is 0 Å². The molecule has 0 fully saturated rings. The van der Waals surface area contributed by atoms with Gasteiger partial charge in [-0.25, -0.2) is 10.6 Å². The second-order valence-electron chi connectivity index (χ2n) is 1.12. The molecule has 0 aliphatic heterocycles. The molecule has 0 heterocycles. The summed E-state index contributed by atoms with van der Waals surface area (Å²) >= 11 is 0. The van der Waals surface area contributed by atoms with E-state index >= 15 is 0 Å². The van der Waals surface area contributed by atoms with Crippen molar-refractivity contribution in [2.45, 2.75) is 0 Å². The molecular weight excluding hydrogens is 130 g/mol. The van der Waals surface area contributed by atoms with Crippen molar-refractivity contribution >= 4 is 10.2 Å².